The van der Waals surface area contributed by atoms with E-state index in [-0.39, 0.29) is 17.0 Å². The zero-order valence-corrected chi connectivity index (χ0v) is 10.8. The molecule has 78 valence electrons. The number of alkyl halides is 2. The van der Waals surface area contributed by atoms with Crippen LogP contribution in [0.5, 0.6) is 0 Å². The minimum atomic E-state index is -0.303. The summed E-state index contributed by atoms with van der Waals surface area (Å²) in [6.07, 6.45) is 4.11. The van der Waals surface area contributed by atoms with Crippen LogP contribution in [0.25, 0.3) is 0 Å². The number of hydrogen-bond donors (Lipinski definition) is 1. The van der Waals surface area contributed by atoms with Crippen LogP contribution in [0.1, 0.15) is 25.7 Å². The third-order valence-electron chi connectivity index (χ3n) is 2.34. The molecule has 13 heavy (non-hydrogen) atoms. The van der Waals surface area contributed by atoms with Crippen molar-refractivity contribution in [1.82, 2.24) is 0 Å². The predicted octanol–water partition coefficient (Wildman–Crippen LogP) is 2.46. The van der Waals surface area contributed by atoms with Gasteiger partial charge >= 0.3 is 0 Å². The second-order valence-electron chi connectivity index (χ2n) is 3.39. The van der Waals surface area contributed by atoms with Crippen LogP contribution in [0.15, 0.2) is 0 Å². The Balaban J connectivity index is 2.31. The summed E-state index contributed by atoms with van der Waals surface area (Å²) in [6.45, 7) is 0.841. The van der Waals surface area contributed by atoms with Gasteiger partial charge < -0.3 is 9.84 Å². The molecule has 1 heterocycles. The van der Waals surface area contributed by atoms with Crippen molar-refractivity contribution >= 4 is 31.9 Å². The summed E-state index contributed by atoms with van der Waals surface area (Å²) < 4.78 is 5.59. The van der Waals surface area contributed by atoms with Crippen molar-refractivity contribution in [3.05, 3.63) is 0 Å². The summed E-state index contributed by atoms with van der Waals surface area (Å²) in [5.74, 6) is 0. The molecule has 0 saturated carbocycles. The Morgan fingerprint density at radius 3 is 2.77 bits per heavy atom. The third-order valence-corrected chi connectivity index (χ3v) is 4.00. The zero-order chi connectivity index (χ0) is 9.68. The SMILES string of the molecule is OC(CCBr)C(Br)C1CCCCO1. The van der Waals surface area contributed by atoms with E-state index in [0.717, 1.165) is 31.2 Å². The van der Waals surface area contributed by atoms with Crippen molar-refractivity contribution in [2.75, 3.05) is 11.9 Å². The second-order valence-corrected chi connectivity index (χ2v) is 5.24. The first-order chi connectivity index (χ1) is 6.25. The van der Waals surface area contributed by atoms with Crippen molar-refractivity contribution in [3.63, 3.8) is 0 Å². The molecule has 3 atom stereocenters. The highest BCUT2D eigenvalue weighted by molar-refractivity contribution is 9.09. The van der Waals surface area contributed by atoms with Crippen LogP contribution in [0.3, 0.4) is 0 Å². The van der Waals surface area contributed by atoms with Crippen molar-refractivity contribution in [3.8, 4) is 0 Å². The van der Waals surface area contributed by atoms with Gasteiger partial charge in [0.25, 0.3) is 0 Å². The van der Waals surface area contributed by atoms with E-state index in [9.17, 15) is 5.11 Å². The fourth-order valence-corrected chi connectivity index (χ4v) is 2.69. The average molecular weight is 316 g/mol. The molecule has 0 amide bonds. The van der Waals surface area contributed by atoms with Crippen LogP contribution < -0.4 is 0 Å². The van der Waals surface area contributed by atoms with Crippen LogP contribution in [-0.4, -0.2) is 34.1 Å². The molecule has 1 N–H and O–H groups in total. The molecule has 0 spiro atoms. The number of aliphatic hydroxyl groups excluding tert-OH is 1. The average Bonchev–Trinajstić information content (AvgIpc) is 2.18. The second kappa shape index (κ2) is 6.38. The molecule has 0 aliphatic carbocycles. The van der Waals surface area contributed by atoms with E-state index in [1.54, 1.807) is 0 Å². The monoisotopic (exact) mass is 314 g/mol. The van der Waals surface area contributed by atoms with Gasteiger partial charge in [-0.2, -0.15) is 0 Å². The van der Waals surface area contributed by atoms with Crippen molar-refractivity contribution in [2.24, 2.45) is 0 Å². The highest BCUT2D eigenvalue weighted by Crippen LogP contribution is 2.24. The largest absolute Gasteiger partial charge is 0.392 e. The molecule has 1 rings (SSSR count). The molecule has 1 saturated heterocycles. The van der Waals surface area contributed by atoms with Gasteiger partial charge in [-0.15, -0.1) is 0 Å². The van der Waals surface area contributed by atoms with Crippen molar-refractivity contribution < 1.29 is 9.84 Å². The summed E-state index contributed by atoms with van der Waals surface area (Å²) in [5, 5.41) is 10.5. The Hall–Kier alpha value is 0.880. The van der Waals surface area contributed by atoms with E-state index in [1.807, 2.05) is 0 Å². The van der Waals surface area contributed by atoms with Crippen LogP contribution in [-0.2, 0) is 4.74 Å². The third kappa shape index (κ3) is 3.86. The standard InChI is InChI=1S/C9H16Br2O2/c10-5-4-7(12)9(11)8-3-1-2-6-13-8/h7-9,12H,1-6H2. The van der Waals surface area contributed by atoms with E-state index < -0.39 is 0 Å². The minimum Gasteiger partial charge on any atom is -0.392 e. The summed E-state index contributed by atoms with van der Waals surface area (Å²) in [4.78, 5) is 0.0883. The molecule has 0 bridgehead atoms. The first kappa shape index (κ1) is 12.0. The molecule has 1 fully saturated rings. The highest BCUT2D eigenvalue weighted by atomic mass is 79.9. The first-order valence-corrected chi connectivity index (χ1v) is 6.79. The number of hydrogen-bond acceptors (Lipinski definition) is 2. The van der Waals surface area contributed by atoms with Crippen molar-refractivity contribution in [1.29, 1.82) is 0 Å². The maximum absolute atomic E-state index is 9.71. The van der Waals surface area contributed by atoms with Gasteiger partial charge in [-0.1, -0.05) is 31.9 Å². The normalized spacial score (nSPS) is 28.4. The molecular formula is C9H16Br2O2. The van der Waals surface area contributed by atoms with Crippen LogP contribution in [0.4, 0.5) is 0 Å². The molecule has 4 heteroatoms. The fraction of sp³-hybridized carbons (Fsp3) is 1.00. The summed E-state index contributed by atoms with van der Waals surface area (Å²) >= 11 is 6.83. The lowest BCUT2D eigenvalue weighted by atomic mass is 10.0. The van der Waals surface area contributed by atoms with Gasteiger partial charge in [0.15, 0.2) is 0 Å². The maximum Gasteiger partial charge on any atom is 0.0725 e. The Morgan fingerprint density at radius 1 is 1.46 bits per heavy atom. The number of rotatable bonds is 4. The maximum atomic E-state index is 9.71. The van der Waals surface area contributed by atoms with Crippen LogP contribution >= 0.6 is 31.9 Å². The van der Waals surface area contributed by atoms with Gasteiger partial charge in [0.1, 0.15) is 0 Å². The van der Waals surface area contributed by atoms with Crippen molar-refractivity contribution in [2.45, 2.75) is 42.7 Å². The van der Waals surface area contributed by atoms with Crippen LogP contribution in [0.2, 0.25) is 0 Å². The lowest BCUT2D eigenvalue weighted by Gasteiger charge is -2.29. The molecule has 1 aliphatic rings. The van der Waals surface area contributed by atoms with Gasteiger partial charge in [0, 0.05) is 11.9 Å². The van der Waals surface area contributed by atoms with E-state index >= 15 is 0 Å². The molecule has 0 radical (unpaired) electrons. The Kier molecular flexibility index (Phi) is 5.87. The fourth-order valence-electron chi connectivity index (χ4n) is 1.54. The lowest BCUT2D eigenvalue weighted by molar-refractivity contribution is -0.00802. The first-order valence-electron chi connectivity index (χ1n) is 4.75. The molecule has 1 aliphatic heterocycles. The predicted molar refractivity (Wildman–Crippen MR) is 60.7 cm³/mol. The molecule has 3 unspecified atom stereocenters. The molecule has 2 nitrogen and oxygen atoms in total. The van der Waals surface area contributed by atoms with E-state index in [2.05, 4.69) is 31.9 Å². The lowest BCUT2D eigenvalue weighted by Crippen LogP contribution is -2.36. The van der Waals surface area contributed by atoms with Gasteiger partial charge in [-0.05, 0) is 25.7 Å². The number of aliphatic hydroxyl groups is 1. The zero-order valence-electron chi connectivity index (χ0n) is 7.59. The Bertz CT molecular complexity index is 138. The van der Waals surface area contributed by atoms with Gasteiger partial charge in [-0.25, -0.2) is 0 Å². The summed E-state index contributed by atoms with van der Waals surface area (Å²) in [5.41, 5.74) is 0. The Morgan fingerprint density at radius 2 is 2.23 bits per heavy atom. The molecule has 0 aromatic heterocycles. The summed E-state index contributed by atoms with van der Waals surface area (Å²) in [6, 6.07) is 0. The molecule has 0 aromatic carbocycles. The van der Waals surface area contributed by atoms with Gasteiger partial charge in [-0.3, -0.25) is 0 Å². The van der Waals surface area contributed by atoms with Crippen LogP contribution in [0, 0.1) is 0 Å². The topological polar surface area (TPSA) is 29.5 Å². The minimum absolute atomic E-state index is 0.0883. The Labute approximate surface area is 96.3 Å². The summed E-state index contributed by atoms with van der Waals surface area (Å²) in [7, 11) is 0. The van der Waals surface area contributed by atoms with Gasteiger partial charge in [0.2, 0.25) is 0 Å². The van der Waals surface area contributed by atoms with Gasteiger partial charge in [0.05, 0.1) is 17.0 Å². The number of ether oxygens (including phenoxy) is 1. The smallest absolute Gasteiger partial charge is 0.0725 e. The van der Waals surface area contributed by atoms with E-state index in [4.69, 9.17) is 4.74 Å². The van der Waals surface area contributed by atoms with E-state index in [0.29, 0.717) is 0 Å². The quantitative estimate of drug-likeness (QED) is 0.808. The molecular weight excluding hydrogens is 300 g/mol. The van der Waals surface area contributed by atoms with E-state index in [1.165, 1.54) is 6.42 Å². The number of halogens is 2. The molecule has 0 aromatic rings. The highest BCUT2D eigenvalue weighted by Gasteiger charge is 2.27.